The highest BCUT2D eigenvalue weighted by Gasteiger charge is 2.20. The van der Waals surface area contributed by atoms with Crippen molar-refractivity contribution in [2.24, 2.45) is 0 Å². The number of benzene rings is 2. The number of rotatable bonds is 5. The number of hydrogen-bond acceptors (Lipinski definition) is 7. The van der Waals surface area contributed by atoms with Crippen LogP contribution in [0.4, 0.5) is 16.2 Å². The molecule has 0 spiro atoms. The first kappa shape index (κ1) is 17.9. The first-order valence-electron chi connectivity index (χ1n) is 7.91. The largest absolute Gasteiger partial charge is 0.493 e. The molecule has 0 saturated heterocycles. The Hall–Kier alpha value is -3.86. The van der Waals surface area contributed by atoms with Crippen LogP contribution >= 0.6 is 0 Å². The molecule has 3 aromatic rings. The average molecular weight is 365 g/mol. The van der Waals surface area contributed by atoms with Crippen LogP contribution in [-0.4, -0.2) is 17.1 Å². The lowest BCUT2D eigenvalue weighted by atomic mass is 10.1. The molecule has 7 nitrogen and oxygen atoms in total. The summed E-state index contributed by atoms with van der Waals surface area (Å²) in [5.74, 6) is 0.176. The van der Waals surface area contributed by atoms with Crippen LogP contribution in [0.5, 0.6) is 11.5 Å². The summed E-state index contributed by atoms with van der Waals surface area (Å²) in [5.41, 5.74) is 12.6. The van der Waals surface area contributed by atoms with Gasteiger partial charge in [0.25, 0.3) is 0 Å². The first-order chi connectivity index (χ1) is 13.0. The normalized spacial score (nSPS) is 10.3. The van der Waals surface area contributed by atoms with E-state index in [2.05, 4.69) is 9.97 Å². The van der Waals surface area contributed by atoms with Crippen molar-refractivity contribution in [1.82, 2.24) is 9.97 Å². The van der Waals surface area contributed by atoms with E-state index in [4.69, 9.17) is 20.9 Å². The van der Waals surface area contributed by atoms with Gasteiger partial charge < -0.3 is 20.9 Å². The third-order valence-corrected chi connectivity index (χ3v) is 3.85. The number of halogens is 1. The predicted molar refractivity (Wildman–Crippen MR) is 98.3 cm³/mol. The van der Waals surface area contributed by atoms with E-state index in [9.17, 15) is 9.65 Å². The lowest BCUT2D eigenvalue weighted by Crippen LogP contribution is -2.07. The Morgan fingerprint density at radius 2 is 1.89 bits per heavy atom. The standard InChI is InChI=1S/C19H16FN5O2/c1-26-15-8-4-6-12(16-13(9-21)18(22)25-19(23)24-16)17(15)27-10-11-5-2-3-7-14(11)20/h2-8H,10H2,1H3,(H4,22,23,24,25). The zero-order valence-electron chi connectivity index (χ0n) is 14.4. The summed E-state index contributed by atoms with van der Waals surface area (Å²) in [6.45, 7) is -0.0437. The number of methoxy groups -OCH3 is 1. The molecule has 0 aliphatic carbocycles. The van der Waals surface area contributed by atoms with Crippen LogP contribution in [0, 0.1) is 17.1 Å². The summed E-state index contributed by atoms with van der Waals surface area (Å²) in [7, 11) is 1.48. The molecule has 0 radical (unpaired) electrons. The van der Waals surface area contributed by atoms with Crippen molar-refractivity contribution in [3.63, 3.8) is 0 Å². The van der Waals surface area contributed by atoms with Crippen molar-refractivity contribution in [3.05, 3.63) is 59.4 Å². The van der Waals surface area contributed by atoms with Gasteiger partial charge in [-0.2, -0.15) is 10.2 Å². The maximum Gasteiger partial charge on any atom is 0.222 e. The minimum Gasteiger partial charge on any atom is -0.493 e. The fourth-order valence-electron chi connectivity index (χ4n) is 2.58. The number of anilines is 2. The van der Waals surface area contributed by atoms with E-state index in [1.54, 1.807) is 36.4 Å². The number of ether oxygens (including phenoxy) is 2. The molecule has 1 aromatic heterocycles. The molecular weight excluding hydrogens is 349 g/mol. The van der Waals surface area contributed by atoms with E-state index in [0.717, 1.165) is 0 Å². The van der Waals surface area contributed by atoms with Crippen LogP contribution < -0.4 is 20.9 Å². The van der Waals surface area contributed by atoms with E-state index in [1.165, 1.54) is 13.2 Å². The molecule has 136 valence electrons. The van der Waals surface area contributed by atoms with Gasteiger partial charge in [-0.1, -0.05) is 24.3 Å². The number of para-hydroxylation sites is 1. The van der Waals surface area contributed by atoms with Gasteiger partial charge in [0.2, 0.25) is 5.95 Å². The molecule has 0 unspecified atom stereocenters. The molecule has 0 fully saturated rings. The SMILES string of the molecule is COc1cccc(-c2nc(N)nc(N)c2C#N)c1OCc1ccccc1F. The Morgan fingerprint density at radius 3 is 2.59 bits per heavy atom. The molecule has 0 aliphatic rings. The van der Waals surface area contributed by atoms with Crippen molar-refractivity contribution < 1.29 is 13.9 Å². The second-order valence-electron chi connectivity index (χ2n) is 5.52. The van der Waals surface area contributed by atoms with Gasteiger partial charge in [0.05, 0.1) is 12.8 Å². The van der Waals surface area contributed by atoms with Gasteiger partial charge in [-0.3, -0.25) is 0 Å². The lowest BCUT2D eigenvalue weighted by Gasteiger charge is -2.16. The van der Waals surface area contributed by atoms with E-state index in [0.29, 0.717) is 16.9 Å². The Morgan fingerprint density at radius 1 is 1.11 bits per heavy atom. The molecule has 3 rings (SSSR count). The summed E-state index contributed by atoms with van der Waals surface area (Å²) in [6.07, 6.45) is 0. The maximum absolute atomic E-state index is 13.9. The van der Waals surface area contributed by atoms with E-state index in [-0.39, 0.29) is 41.2 Å². The molecule has 1 heterocycles. The van der Waals surface area contributed by atoms with Crippen molar-refractivity contribution >= 4 is 11.8 Å². The van der Waals surface area contributed by atoms with Gasteiger partial charge in [0.1, 0.15) is 29.9 Å². The molecule has 4 N–H and O–H groups in total. The predicted octanol–water partition coefficient (Wildman–Crippen LogP) is 2.91. The summed E-state index contributed by atoms with van der Waals surface area (Å²) in [4.78, 5) is 7.95. The number of hydrogen-bond donors (Lipinski definition) is 2. The minimum absolute atomic E-state index is 0.0390. The monoisotopic (exact) mass is 365 g/mol. The highest BCUT2D eigenvalue weighted by Crippen LogP contribution is 2.40. The van der Waals surface area contributed by atoms with Crippen molar-refractivity contribution in [2.75, 3.05) is 18.6 Å². The second kappa shape index (κ2) is 7.58. The molecule has 2 aromatic carbocycles. The van der Waals surface area contributed by atoms with Crippen LogP contribution in [0.1, 0.15) is 11.1 Å². The Bertz CT molecular complexity index is 1030. The quantitative estimate of drug-likeness (QED) is 0.713. The third-order valence-electron chi connectivity index (χ3n) is 3.85. The molecule has 0 aliphatic heterocycles. The average Bonchev–Trinajstić information content (AvgIpc) is 2.66. The molecule has 0 atom stereocenters. The molecule has 8 heteroatoms. The summed E-state index contributed by atoms with van der Waals surface area (Å²) in [5, 5.41) is 9.44. The van der Waals surface area contributed by atoms with Crippen molar-refractivity contribution in [1.29, 1.82) is 5.26 Å². The zero-order chi connectivity index (χ0) is 19.4. The topological polar surface area (TPSA) is 120 Å². The Balaban J connectivity index is 2.11. The summed E-state index contributed by atoms with van der Waals surface area (Å²) < 4.78 is 25.1. The number of nitriles is 1. The Labute approximate surface area is 155 Å². The number of aromatic nitrogens is 2. The van der Waals surface area contributed by atoms with Crippen LogP contribution in [-0.2, 0) is 6.61 Å². The Kier molecular flexibility index (Phi) is 5.04. The summed E-state index contributed by atoms with van der Waals surface area (Å²) in [6, 6.07) is 13.3. The van der Waals surface area contributed by atoms with Crippen LogP contribution in [0.2, 0.25) is 0 Å². The number of nitrogens with zero attached hydrogens (tertiary/aromatic N) is 3. The number of nitrogens with two attached hydrogens (primary N) is 2. The van der Waals surface area contributed by atoms with Crippen LogP contribution in [0.3, 0.4) is 0 Å². The molecule has 27 heavy (non-hydrogen) atoms. The van der Waals surface area contributed by atoms with Crippen LogP contribution in [0.25, 0.3) is 11.3 Å². The molecular formula is C19H16FN5O2. The smallest absolute Gasteiger partial charge is 0.222 e. The molecule has 0 amide bonds. The van der Waals surface area contributed by atoms with Crippen molar-refractivity contribution in [2.45, 2.75) is 6.61 Å². The second-order valence-corrected chi connectivity index (χ2v) is 5.52. The highest BCUT2D eigenvalue weighted by molar-refractivity contribution is 5.79. The van der Waals surface area contributed by atoms with Gasteiger partial charge in [-0.25, -0.2) is 9.37 Å². The van der Waals surface area contributed by atoms with Gasteiger partial charge in [-0.05, 0) is 18.2 Å². The lowest BCUT2D eigenvalue weighted by molar-refractivity contribution is 0.281. The van der Waals surface area contributed by atoms with E-state index >= 15 is 0 Å². The van der Waals surface area contributed by atoms with Crippen molar-refractivity contribution in [3.8, 4) is 28.8 Å². The van der Waals surface area contributed by atoms with E-state index in [1.807, 2.05) is 6.07 Å². The first-order valence-corrected chi connectivity index (χ1v) is 7.91. The van der Waals surface area contributed by atoms with Gasteiger partial charge >= 0.3 is 0 Å². The van der Waals surface area contributed by atoms with Crippen LogP contribution in [0.15, 0.2) is 42.5 Å². The molecule has 0 bridgehead atoms. The summed E-state index contributed by atoms with van der Waals surface area (Å²) >= 11 is 0. The van der Waals surface area contributed by atoms with Gasteiger partial charge in [0, 0.05) is 11.1 Å². The highest BCUT2D eigenvalue weighted by atomic mass is 19.1. The molecule has 0 saturated carbocycles. The minimum atomic E-state index is -0.387. The third kappa shape index (κ3) is 3.57. The zero-order valence-corrected chi connectivity index (χ0v) is 14.4. The van der Waals surface area contributed by atoms with E-state index < -0.39 is 0 Å². The van der Waals surface area contributed by atoms with Gasteiger partial charge in [0.15, 0.2) is 11.5 Å². The maximum atomic E-state index is 13.9. The van der Waals surface area contributed by atoms with Gasteiger partial charge in [-0.15, -0.1) is 0 Å². The fraction of sp³-hybridized carbons (Fsp3) is 0.105. The number of nitrogen functional groups attached to an aromatic ring is 2. The fourth-order valence-corrected chi connectivity index (χ4v) is 2.58.